The lowest BCUT2D eigenvalue weighted by atomic mass is 9.83. The number of nitrogens with one attached hydrogen (secondary N) is 1. The Hall–Kier alpha value is -4.25. The van der Waals surface area contributed by atoms with Crippen molar-refractivity contribution in [2.24, 2.45) is 0 Å². The summed E-state index contributed by atoms with van der Waals surface area (Å²) in [6.45, 7) is 3.66. The highest BCUT2D eigenvalue weighted by Gasteiger charge is 2.42. The van der Waals surface area contributed by atoms with Gasteiger partial charge in [0, 0.05) is 6.04 Å². The van der Waals surface area contributed by atoms with Gasteiger partial charge in [-0.1, -0.05) is 30.3 Å². The van der Waals surface area contributed by atoms with E-state index < -0.39 is 11.1 Å². The summed E-state index contributed by atoms with van der Waals surface area (Å²) >= 11 is 0. The van der Waals surface area contributed by atoms with Gasteiger partial charge in [-0.3, -0.25) is 4.79 Å². The molecule has 4 N–H and O–H groups in total. The van der Waals surface area contributed by atoms with Crippen molar-refractivity contribution in [3.8, 4) is 11.6 Å². The zero-order valence-corrected chi connectivity index (χ0v) is 20.6. The molecule has 1 aromatic carbocycles. The van der Waals surface area contributed by atoms with E-state index in [2.05, 4.69) is 25.5 Å². The predicted molar refractivity (Wildman–Crippen MR) is 136 cm³/mol. The molecule has 190 valence electrons. The number of nitrogen functional groups attached to an aromatic ring is 1. The SMILES string of the molecule is CC1(O)CCC(NC(=O)[C@@](C)(c2ccccc2)n2ncc3c2nc(N)n2nc(-c4ccco4)nc32)CC1. The summed E-state index contributed by atoms with van der Waals surface area (Å²) in [7, 11) is 0. The first-order valence-corrected chi connectivity index (χ1v) is 12.3. The minimum absolute atomic E-state index is 0.0466. The molecule has 1 amide bonds. The Labute approximate surface area is 212 Å². The predicted octanol–water partition coefficient (Wildman–Crippen LogP) is 2.89. The van der Waals surface area contributed by atoms with Gasteiger partial charge in [0.15, 0.2) is 22.6 Å². The number of fused-ring (bicyclic) bond motifs is 3. The molecule has 0 unspecified atom stereocenters. The van der Waals surface area contributed by atoms with E-state index in [4.69, 9.17) is 10.2 Å². The van der Waals surface area contributed by atoms with Gasteiger partial charge in [-0.05, 0) is 57.2 Å². The van der Waals surface area contributed by atoms with Gasteiger partial charge < -0.3 is 20.6 Å². The van der Waals surface area contributed by atoms with E-state index in [1.54, 1.807) is 29.3 Å². The summed E-state index contributed by atoms with van der Waals surface area (Å²) in [5.41, 5.74) is 6.00. The van der Waals surface area contributed by atoms with Crippen LogP contribution in [0.15, 0.2) is 59.3 Å². The largest absolute Gasteiger partial charge is 0.461 e. The summed E-state index contributed by atoms with van der Waals surface area (Å²) in [6, 6.07) is 12.9. The maximum Gasteiger partial charge on any atom is 0.252 e. The minimum Gasteiger partial charge on any atom is -0.461 e. The third-order valence-electron chi connectivity index (χ3n) is 7.37. The molecule has 0 aliphatic heterocycles. The quantitative estimate of drug-likeness (QED) is 0.333. The molecule has 1 atom stereocenters. The first kappa shape index (κ1) is 23.2. The zero-order valence-electron chi connectivity index (χ0n) is 20.6. The number of benzene rings is 1. The van der Waals surface area contributed by atoms with Crippen molar-refractivity contribution in [2.75, 3.05) is 5.73 Å². The van der Waals surface area contributed by atoms with Crippen molar-refractivity contribution >= 4 is 28.5 Å². The Balaban J connectivity index is 1.46. The summed E-state index contributed by atoms with van der Waals surface area (Å²) in [5.74, 6) is 0.771. The lowest BCUT2D eigenvalue weighted by molar-refractivity contribution is -0.129. The van der Waals surface area contributed by atoms with E-state index in [1.165, 1.54) is 4.52 Å². The lowest BCUT2D eigenvalue weighted by Gasteiger charge is -2.36. The van der Waals surface area contributed by atoms with Gasteiger partial charge in [-0.2, -0.15) is 14.6 Å². The van der Waals surface area contributed by atoms with Crippen molar-refractivity contribution < 1.29 is 14.3 Å². The maximum atomic E-state index is 14.0. The Morgan fingerprint density at radius 2 is 1.92 bits per heavy atom. The summed E-state index contributed by atoms with van der Waals surface area (Å²) in [6.07, 6.45) is 5.84. The molecule has 6 rings (SSSR count). The molecule has 1 fully saturated rings. The van der Waals surface area contributed by atoms with Gasteiger partial charge in [0.25, 0.3) is 5.91 Å². The van der Waals surface area contributed by atoms with Crippen LogP contribution in [0.3, 0.4) is 0 Å². The van der Waals surface area contributed by atoms with E-state index in [0.29, 0.717) is 53.9 Å². The molecule has 0 radical (unpaired) electrons. The topological polar surface area (TPSA) is 149 Å². The second-order valence-corrected chi connectivity index (χ2v) is 10.1. The molecule has 4 heterocycles. The number of nitrogens with zero attached hydrogens (tertiary/aromatic N) is 6. The number of anilines is 1. The number of hydrogen-bond acceptors (Lipinski definition) is 8. The van der Waals surface area contributed by atoms with Crippen LogP contribution >= 0.6 is 0 Å². The Bertz CT molecular complexity index is 1580. The minimum atomic E-state index is -1.23. The Morgan fingerprint density at radius 1 is 1.16 bits per heavy atom. The number of furan rings is 1. The highest BCUT2D eigenvalue weighted by atomic mass is 16.3. The fourth-order valence-corrected chi connectivity index (χ4v) is 5.07. The molecular weight excluding hydrogens is 472 g/mol. The fourth-order valence-electron chi connectivity index (χ4n) is 5.07. The van der Waals surface area contributed by atoms with Gasteiger partial charge in [0.05, 0.1) is 23.4 Å². The average molecular weight is 501 g/mol. The van der Waals surface area contributed by atoms with E-state index in [-0.39, 0.29) is 17.9 Å². The van der Waals surface area contributed by atoms with Crippen molar-refractivity contribution in [3.05, 3.63) is 60.5 Å². The van der Waals surface area contributed by atoms with Crippen LogP contribution in [0.1, 0.15) is 45.1 Å². The van der Waals surface area contributed by atoms with Crippen LogP contribution in [0.5, 0.6) is 0 Å². The van der Waals surface area contributed by atoms with Gasteiger partial charge in [-0.25, -0.2) is 9.67 Å². The molecule has 0 bridgehead atoms. The second kappa shape index (κ2) is 8.41. The Kier molecular flexibility index (Phi) is 5.27. The van der Waals surface area contributed by atoms with E-state index >= 15 is 0 Å². The number of hydrogen-bond donors (Lipinski definition) is 3. The number of carbonyl (C=O) groups excluding carboxylic acids is 1. The molecule has 0 saturated heterocycles. The second-order valence-electron chi connectivity index (χ2n) is 10.1. The highest BCUT2D eigenvalue weighted by molar-refractivity contribution is 5.94. The van der Waals surface area contributed by atoms with Crippen LogP contribution in [-0.4, -0.2) is 52.0 Å². The third kappa shape index (κ3) is 3.82. The van der Waals surface area contributed by atoms with Crippen LogP contribution in [-0.2, 0) is 10.3 Å². The first-order valence-electron chi connectivity index (χ1n) is 12.3. The van der Waals surface area contributed by atoms with Gasteiger partial charge in [0.2, 0.25) is 11.8 Å². The monoisotopic (exact) mass is 500 g/mol. The number of aliphatic hydroxyl groups is 1. The number of nitrogens with two attached hydrogens (primary N) is 1. The summed E-state index contributed by atoms with van der Waals surface area (Å²) in [5, 5.41) is 23.2. The molecule has 4 aromatic heterocycles. The van der Waals surface area contributed by atoms with Crippen molar-refractivity contribution in [1.29, 1.82) is 0 Å². The average Bonchev–Trinajstić information content (AvgIpc) is 3.65. The number of amides is 1. The molecule has 11 heteroatoms. The molecule has 5 aromatic rings. The van der Waals surface area contributed by atoms with Gasteiger partial charge >= 0.3 is 0 Å². The molecule has 1 aliphatic rings. The van der Waals surface area contributed by atoms with Crippen molar-refractivity contribution in [3.63, 3.8) is 0 Å². The normalized spacial score (nSPS) is 21.8. The van der Waals surface area contributed by atoms with Crippen molar-refractivity contribution in [2.45, 2.75) is 56.7 Å². The van der Waals surface area contributed by atoms with Crippen LogP contribution < -0.4 is 11.1 Å². The Morgan fingerprint density at radius 3 is 2.62 bits per heavy atom. The van der Waals surface area contributed by atoms with Crippen molar-refractivity contribution in [1.82, 2.24) is 34.7 Å². The highest BCUT2D eigenvalue weighted by Crippen LogP contribution is 2.33. The number of carbonyl (C=O) groups is 1. The number of aromatic nitrogens is 6. The molecule has 0 spiro atoms. The molecule has 1 saturated carbocycles. The van der Waals surface area contributed by atoms with Crippen LogP contribution in [0.4, 0.5) is 5.95 Å². The van der Waals surface area contributed by atoms with Crippen LogP contribution in [0.2, 0.25) is 0 Å². The lowest BCUT2D eigenvalue weighted by Crippen LogP contribution is -2.52. The first-order chi connectivity index (χ1) is 17.8. The van der Waals surface area contributed by atoms with E-state index in [9.17, 15) is 9.90 Å². The summed E-state index contributed by atoms with van der Waals surface area (Å²) < 4.78 is 8.49. The van der Waals surface area contributed by atoms with Crippen LogP contribution in [0, 0.1) is 0 Å². The molecule has 11 nitrogen and oxygen atoms in total. The van der Waals surface area contributed by atoms with Gasteiger partial charge in [-0.15, -0.1) is 5.10 Å². The van der Waals surface area contributed by atoms with E-state index in [0.717, 1.165) is 5.56 Å². The summed E-state index contributed by atoms with van der Waals surface area (Å²) in [4.78, 5) is 23.2. The standard InChI is InChI=1S/C26H28N8O3/c1-25(36)12-10-17(11-13-25)29-23(35)26(2,16-7-4-3-5-8-16)34-22-18(15-28-34)21-30-20(19-9-6-14-37-19)32-33(21)24(27)31-22/h3-9,14-15,17,36H,10-13H2,1-2H3,(H2,27,31)(H,29,35)/t17?,25?,26-/m1/s1. The smallest absolute Gasteiger partial charge is 0.252 e. The number of rotatable bonds is 5. The maximum absolute atomic E-state index is 14.0. The third-order valence-corrected chi connectivity index (χ3v) is 7.37. The molecule has 1 aliphatic carbocycles. The van der Waals surface area contributed by atoms with E-state index in [1.807, 2.05) is 44.2 Å². The fraction of sp³-hybridized carbons (Fsp3) is 0.346. The zero-order chi connectivity index (χ0) is 25.8. The molecule has 37 heavy (non-hydrogen) atoms. The van der Waals surface area contributed by atoms with Gasteiger partial charge in [0.1, 0.15) is 0 Å². The molecular formula is C26H28N8O3. The van der Waals surface area contributed by atoms with Crippen LogP contribution in [0.25, 0.3) is 28.3 Å².